The molecule has 0 fully saturated rings. The Kier molecular flexibility index (Phi) is 3.19. The van der Waals surface area contributed by atoms with Crippen LogP contribution in [-0.2, 0) is 0 Å². The van der Waals surface area contributed by atoms with Crippen molar-refractivity contribution in [3.63, 3.8) is 0 Å². The van der Waals surface area contributed by atoms with E-state index in [4.69, 9.17) is 5.10 Å². The number of fused-ring (bicyclic) bond motifs is 1. The molecule has 1 aromatic heterocycles. The third-order valence-corrected chi connectivity index (χ3v) is 4.25. The molecular weight excluding hydrogens is 270 g/mol. The SMILES string of the molecule is Cc1cccc(C2CCNc3cc(-c4ccccc4)nn32)c1. The molecule has 4 rings (SSSR count). The largest absolute Gasteiger partial charge is 0.370 e. The minimum Gasteiger partial charge on any atom is -0.370 e. The van der Waals surface area contributed by atoms with Crippen molar-refractivity contribution in [2.75, 3.05) is 11.9 Å². The molecule has 0 spiro atoms. The highest BCUT2D eigenvalue weighted by Crippen LogP contribution is 2.32. The quantitative estimate of drug-likeness (QED) is 0.763. The summed E-state index contributed by atoms with van der Waals surface area (Å²) in [5, 5.41) is 8.33. The number of anilines is 1. The van der Waals surface area contributed by atoms with Gasteiger partial charge in [0.15, 0.2) is 0 Å². The minimum atomic E-state index is 0.314. The second-order valence-electron chi connectivity index (χ2n) is 5.87. The molecule has 1 aliphatic rings. The molecule has 1 unspecified atom stereocenters. The van der Waals surface area contributed by atoms with Crippen LogP contribution in [0.1, 0.15) is 23.6 Å². The van der Waals surface area contributed by atoms with Crippen LogP contribution < -0.4 is 5.32 Å². The standard InChI is InChI=1S/C19H19N3/c1-14-6-5-9-16(12-14)18-10-11-20-19-13-17(21-22(18)19)15-7-3-2-4-8-15/h2-9,12-13,18,20H,10-11H2,1H3. The summed E-state index contributed by atoms with van der Waals surface area (Å²) in [6.07, 6.45) is 1.06. The van der Waals surface area contributed by atoms with Gasteiger partial charge in [-0.3, -0.25) is 0 Å². The number of hydrogen-bond donors (Lipinski definition) is 1. The van der Waals surface area contributed by atoms with Gasteiger partial charge in [-0.25, -0.2) is 4.68 Å². The van der Waals surface area contributed by atoms with Crippen LogP contribution in [-0.4, -0.2) is 16.3 Å². The van der Waals surface area contributed by atoms with Crippen molar-refractivity contribution in [3.05, 3.63) is 71.8 Å². The lowest BCUT2D eigenvalue weighted by atomic mass is 10.0. The van der Waals surface area contributed by atoms with Crippen molar-refractivity contribution in [2.45, 2.75) is 19.4 Å². The van der Waals surface area contributed by atoms with Crippen LogP contribution in [0.2, 0.25) is 0 Å². The van der Waals surface area contributed by atoms with E-state index >= 15 is 0 Å². The molecule has 1 aliphatic heterocycles. The fourth-order valence-corrected chi connectivity index (χ4v) is 3.16. The van der Waals surface area contributed by atoms with Crippen LogP contribution >= 0.6 is 0 Å². The van der Waals surface area contributed by atoms with Gasteiger partial charge in [0.2, 0.25) is 0 Å². The summed E-state index contributed by atoms with van der Waals surface area (Å²) in [5.41, 5.74) is 4.83. The molecule has 0 radical (unpaired) electrons. The molecule has 0 bridgehead atoms. The number of nitrogens with one attached hydrogen (secondary N) is 1. The summed E-state index contributed by atoms with van der Waals surface area (Å²) < 4.78 is 2.14. The monoisotopic (exact) mass is 289 g/mol. The van der Waals surface area contributed by atoms with Crippen molar-refractivity contribution >= 4 is 5.82 Å². The summed E-state index contributed by atoms with van der Waals surface area (Å²) >= 11 is 0. The Bertz CT molecular complexity index is 789. The van der Waals surface area contributed by atoms with Crippen molar-refractivity contribution in [3.8, 4) is 11.3 Å². The summed E-state index contributed by atoms with van der Waals surface area (Å²) in [6, 6.07) is 21.6. The molecule has 0 amide bonds. The maximum atomic E-state index is 4.86. The van der Waals surface area contributed by atoms with E-state index in [2.05, 4.69) is 71.5 Å². The van der Waals surface area contributed by atoms with E-state index in [1.54, 1.807) is 0 Å². The second-order valence-corrected chi connectivity index (χ2v) is 5.87. The number of benzene rings is 2. The number of rotatable bonds is 2. The first kappa shape index (κ1) is 13.1. The third-order valence-electron chi connectivity index (χ3n) is 4.25. The fraction of sp³-hybridized carbons (Fsp3) is 0.211. The smallest absolute Gasteiger partial charge is 0.125 e. The Hall–Kier alpha value is -2.55. The lowest BCUT2D eigenvalue weighted by molar-refractivity contribution is 0.483. The summed E-state index contributed by atoms with van der Waals surface area (Å²) in [5.74, 6) is 1.11. The Labute approximate surface area is 130 Å². The van der Waals surface area contributed by atoms with Crippen LogP contribution in [0.25, 0.3) is 11.3 Å². The second kappa shape index (κ2) is 5.34. The molecule has 1 N–H and O–H groups in total. The first-order valence-corrected chi connectivity index (χ1v) is 7.77. The average molecular weight is 289 g/mol. The van der Waals surface area contributed by atoms with E-state index in [0.717, 1.165) is 30.0 Å². The van der Waals surface area contributed by atoms with Gasteiger partial charge < -0.3 is 5.32 Å². The lowest BCUT2D eigenvalue weighted by Crippen LogP contribution is -2.24. The van der Waals surface area contributed by atoms with Crippen LogP contribution in [0.4, 0.5) is 5.82 Å². The van der Waals surface area contributed by atoms with Crippen LogP contribution in [0.15, 0.2) is 60.7 Å². The Balaban J connectivity index is 1.77. The summed E-state index contributed by atoms with van der Waals surface area (Å²) in [7, 11) is 0. The first-order chi connectivity index (χ1) is 10.8. The minimum absolute atomic E-state index is 0.314. The summed E-state index contributed by atoms with van der Waals surface area (Å²) in [4.78, 5) is 0. The van der Waals surface area contributed by atoms with Crippen LogP contribution in [0, 0.1) is 6.92 Å². The highest BCUT2D eigenvalue weighted by Gasteiger charge is 2.23. The molecule has 3 heteroatoms. The molecule has 2 aromatic carbocycles. The van der Waals surface area contributed by atoms with E-state index in [1.807, 2.05) is 6.07 Å². The van der Waals surface area contributed by atoms with E-state index in [-0.39, 0.29) is 0 Å². The number of aryl methyl sites for hydroxylation is 1. The highest BCUT2D eigenvalue weighted by atomic mass is 15.4. The van der Waals surface area contributed by atoms with E-state index < -0.39 is 0 Å². The highest BCUT2D eigenvalue weighted by molar-refractivity contribution is 5.63. The number of nitrogens with zero attached hydrogens (tertiary/aromatic N) is 2. The first-order valence-electron chi connectivity index (χ1n) is 7.77. The Morgan fingerprint density at radius 1 is 1.05 bits per heavy atom. The molecule has 2 heterocycles. The van der Waals surface area contributed by atoms with Gasteiger partial charge in [0.1, 0.15) is 5.82 Å². The van der Waals surface area contributed by atoms with Crippen LogP contribution in [0.3, 0.4) is 0 Å². The zero-order valence-corrected chi connectivity index (χ0v) is 12.7. The third kappa shape index (κ3) is 2.29. The predicted molar refractivity (Wildman–Crippen MR) is 90.1 cm³/mol. The van der Waals surface area contributed by atoms with E-state index in [0.29, 0.717) is 6.04 Å². The van der Waals surface area contributed by atoms with Crippen LogP contribution in [0.5, 0.6) is 0 Å². The Morgan fingerprint density at radius 3 is 2.73 bits per heavy atom. The maximum Gasteiger partial charge on any atom is 0.125 e. The van der Waals surface area contributed by atoms with Gasteiger partial charge in [-0.15, -0.1) is 0 Å². The molecule has 3 nitrogen and oxygen atoms in total. The van der Waals surface area contributed by atoms with E-state index in [9.17, 15) is 0 Å². The average Bonchev–Trinajstić information content (AvgIpc) is 3.00. The fourth-order valence-electron chi connectivity index (χ4n) is 3.16. The van der Waals surface area contributed by atoms with Crippen molar-refractivity contribution in [2.24, 2.45) is 0 Å². The maximum absolute atomic E-state index is 4.86. The zero-order valence-electron chi connectivity index (χ0n) is 12.7. The number of aromatic nitrogens is 2. The van der Waals surface area contributed by atoms with E-state index in [1.165, 1.54) is 11.1 Å². The molecule has 1 atom stereocenters. The topological polar surface area (TPSA) is 29.9 Å². The summed E-state index contributed by atoms with van der Waals surface area (Å²) in [6.45, 7) is 3.13. The molecule has 0 aliphatic carbocycles. The Morgan fingerprint density at radius 2 is 1.91 bits per heavy atom. The van der Waals surface area contributed by atoms with Crippen molar-refractivity contribution in [1.82, 2.24) is 9.78 Å². The normalized spacial score (nSPS) is 16.9. The van der Waals surface area contributed by atoms with Gasteiger partial charge in [-0.1, -0.05) is 60.2 Å². The molecule has 110 valence electrons. The van der Waals surface area contributed by atoms with Gasteiger partial charge in [0.05, 0.1) is 11.7 Å². The van der Waals surface area contributed by atoms with Gasteiger partial charge in [0, 0.05) is 18.2 Å². The molecule has 3 aromatic rings. The zero-order chi connectivity index (χ0) is 14.9. The number of hydrogen-bond acceptors (Lipinski definition) is 2. The predicted octanol–water partition coefficient (Wildman–Crippen LogP) is 4.26. The molecule has 22 heavy (non-hydrogen) atoms. The molecule has 0 saturated carbocycles. The lowest BCUT2D eigenvalue weighted by Gasteiger charge is -2.26. The van der Waals surface area contributed by atoms with Gasteiger partial charge in [-0.2, -0.15) is 5.10 Å². The van der Waals surface area contributed by atoms with Gasteiger partial charge >= 0.3 is 0 Å². The van der Waals surface area contributed by atoms with Gasteiger partial charge in [-0.05, 0) is 18.9 Å². The van der Waals surface area contributed by atoms with Crippen molar-refractivity contribution in [1.29, 1.82) is 0 Å². The van der Waals surface area contributed by atoms with Gasteiger partial charge in [0.25, 0.3) is 0 Å². The molecule has 0 saturated heterocycles. The van der Waals surface area contributed by atoms with Crippen molar-refractivity contribution < 1.29 is 0 Å². The molecular formula is C19H19N3.